The quantitative estimate of drug-likeness (QED) is 0.133. The van der Waals surface area contributed by atoms with Crippen LogP contribution in [0, 0.1) is 13.8 Å². The van der Waals surface area contributed by atoms with Crippen LogP contribution in [0.5, 0.6) is 0 Å². The maximum Gasteiger partial charge on any atom is -0.0351 e. The van der Waals surface area contributed by atoms with E-state index in [0.717, 1.165) is 12.8 Å². The van der Waals surface area contributed by atoms with Crippen molar-refractivity contribution in [3.05, 3.63) is 26.0 Å². The second kappa shape index (κ2) is 24.7. The smallest absolute Gasteiger partial charge is 0.0351 e. The van der Waals surface area contributed by atoms with Crippen LogP contribution < -0.4 is 0 Å². The number of allylic oxidation sites excluding steroid dienone is 2. The van der Waals surface area contributed by atoms with Crippen LogP contribution in [-0.2, 0) is 0 Å². The van der Waals surface area contributed by atoms with Gasteiger partial charge < -0.3 is 0 Å². The lowest BCUT2D eigenvalue weighted by molar-refractivity contribution is 0.522. The standard InChI is InChI=1S/C26H50/c1-3-5-7-9-11-13-15-17-19-21-23-25-26-24-22-20-18-16-14-12-10-8-6-4-2/h5,7H,1-4,6,8-26H2. The summed E-state index contributed by atoms with van der Waals surface area (Å²) < 4.78 is 0. The average Bonchev–Trinajstić information content (AvgIpc) is 2.66. The molecular weight excluding hydrogens is 312 g/mol. The van der Waals surface area contributed by atoms with E-state index < -0.39 is 0 Å². The minimum atomic E-state index is 0.942. The molecule has 0 unspecified atom stereocenters. The minimum absolute atomic E-state index is 0.942. The molecule has 0 fully saturated rings. The molecule has 0 heterocycles. The SMILES string of the molecule is [CH2]CC=CCCCCCCCCCCCCCCCCCCCCC[CH2]. The molecule has 0 aliphatic carbocycles. The Kier molecular flexibility index (Phi) is 24.5. The highest BCUT2D eigenvalue weighted by Gasteiger charge is 1.95. The first kappa shape index (κ1) is 25.7. The maximum absolute atomic E-state index is 3.91. The normalized spacial score (nSPS) is 11.6. The van der Waals surface area contributed by atoms with Gasteiger partial charge in [0, 0.05) is 0 Å². The Bertz CT molecular complexity index is 253. The van der Waals surface area contributed by atoms with E-state index in [2.05, 4.69) is 26.0 Å². The average molecular weight is 363 g/mol. The lowest BCUT2D eigenvalue weighted by atomic mass is 10.0. The first-order valence-electron chi connectivity index (χ1n) is 12.1. The van der Waals surface area contributed by atoms with Crippen molar-refractivity contribution >= 4 is 0 Å². The highest BCUT2D eigenvalue weighted by Crippen LogP contribution is 2.15. The second-order valence-electron chi connectivity index (χ2n) is 8.12. The molecule has 0 aromatic heterocycles. The van der Waals surface area contributed by atoms with E-state index in [1.54, 1.807) is 0 Å². The Labute approximate surface area is 167 Å². The monoisotopic (exact) mass is 362 g/mol. The molecule has 0 aliphatic rings. The molecule has 2 radical (unpaired) electrons. The van der Waals surface area contributed by atoms with Gasteiger partial charge in [-0.1, -0.05) is 141 Å². The number of unbranched alkanes of at least 4 members (excludes halogenated alkanes) is 20. The fourth-order valence-electron chi connectivity index (χ4n) is 3.68. The Balaban J connectivity index is 2.98. The second-order valence-corrected chi connectivity index (χ2v) is 8.12. The van der Waals surface area contributed by atoms with Gasteiger partial charge >= 0.3 is 0 Å². The van der Waals surface area contributed by atoms with Gasteiger partial charge in [0.05, 0.1) is 0 Å². The molecule has 0 amide bonds. The molecule has 0 nitrogen and oxygen atoms in total. The summed E-state index contributed by atoms with van der Waals surface area (Å²) in [6.45, 7) is 7.73. The molecule has 0 bridgehead atoms. The van der Waals surface area contributed by atoms with E-state index in [1.165, 1.54) is 128 Å². The summed E-state index contributed by atoms with van der Waals surface area (Å²) in [7, 11) is 0. The zero-order valence-corrected chi connectivity index (χ0v) is 18.1. The first-order valence-corrected chi connectivity index (χ1v) is 12.1. The largest absolute Gasteiger partial charge is 0.0885 e. The highest BCUT2D eigenvalue weighted by atomic mass is 14.0. The molecule has 154 valence electrons. The molecule has 0 aromatic rings. The van der Waals surface area contributed by atoms with Crippen molar-refractivity contribution in [2.45, 2.75) is 141 Å². The van der Waals surface area contributed by atoms with Gasteiger partial charge in [-0.2, -0.15) is 0 Å². The van der Waals surface area contributed by atoms with Crippen LogP contribution in [0.3, 0.4) is 0 Å². The van der Waals surface area contributed by atoms with Gasteiger partial charge in [-0.25, -0.2) is 0 Å². The molecule has 0 aliphatic heterocycles. The third-order valence-electron chi connectivity index (χ3n) is 5.45. The summed E-state index contributed by atoms with van der Waals surface area (Å²) in [6.07, 6.45) is 35.3. The zero-order chi connectivity index (χ0) is 19.0. The van der Waals surface area contributed by atoms with Gasteiger partial charge in [0.1, 0.15) is 0 Å². The Morgan fingerprint density at radius 1 is 0.346 bits per heavy atom. The molecule has 0 atom stereocenters. The summed E-state index contributed by atoms with van der Waals surface area (Å²) in [6, 6.07) is 0. The van der Waals surface area contributed by atoms with Crippen LogP contribution in [0.1, 0.15) is 141 Å². The van der Waals surface area contributed by atoms with E-state index in [-0.39, 0.29) is 0 Å². The van der Waals surface area contributed by atoms with Gasteiger partial charge in [-0.15, -0.1) is 0 Å². The lowest BCUT2D eigenvalue weighted by Gasteiger charge is -2.04. The van der Waals surface area contributed by atoms with Crippen molar-refractivity contribution in [2.24, 2.45) is 0 Å². The van der Waals surface area contributed by atoms with Crippen molar-refractivity contribution < 1.29 is 0 Å². The Morgan fingerprint density at radius 2 is 0.654 bits per heavy atom. The Hall–Kier alpha value is -0.260. The summed E-state index contributed by atoms with van der Waals surface area (Å²) in [5.41, 5.74) is 0. The molecular formula is C26H50. The van der Waals surface area contributed by atoms with E-state index in [0.29, 0.717) is 0 Å². The van der Waals surface area contributed by atoms with Crippen LogP contribution >= 0.6 is 0 Å². The van der Waals surface area contributed by atoms with Crippen molar-refractivity contribution in [3.8, 4) is 0 Å². The molecule has 0 N–H and O–H groups in total. The van der Waals surface area contributed by atoms with E-state index in [9.17, 15) is 0 Å². The summed E-state index contributed by atoms with van der Waals surface area (Å²) in [5.74, 6) is 0. The fourth-order valence-corrected chi connectivity index (χ4v) is 3.68. The topological polar surface area (TPSA) is 0 Å². The molecule has 0 heteroatoms. The van der Waals surface area contributed by atoms with E-state index in [4.69, 9.17) is 0 Å². The minimum Gasteiger partial charge on any atom is -0.0885 e. The molecule has 26 heavy (non-hydrogen) atoms. The highest BCUT2D eigenvalue weighted by molar-refractivity contribution is 4.81. The molecule has 0 spiro atoms. The third-order valence-corrected chi connectivity index (χ3v) is 5.45. The number of hydrogen-bond donors (Lipinski definition) is 0. The van der Waals surface area contributed by atoms with Crippen molar-refractivity contribution in [1.82, 2.24) is 0 Å². The fraction of sp³-hybridized carbons (Fsp3) is 0.846. The van der Waals surface area contributed by atoms with Gasteiger partial charge in [-0.3, -0.25) is 0 Å². The van der Waals surface area contributed by atoms with Crippen LogP contribution in [0.25, 0.3) is 0 Å². The summed E-state index contributed by atoms with van der Waals surface area (Å²) in [5, 5.41) is 0. The van der Waals surface area contributed by atoms with Crippen LogP contribution in [0.15, 0.2) is 12.2 Å². The maximum atomic E-state index is 3.91. The zero-order valence-electron chi connectivity index (χ0n) is 18.1. The van der Waals surface area contributed by atoms with Gasteiger partial charge in [0.25, 0.3) is 0 Å². The van der Waals surface area contributed by atoms with Gasteiger partial charge in [0.2, 0.25) is 0 Å². The van der Waals surface area contributed by atoms with Crippen molar-refractivity contribution in [2.75, 3.05) is 0 Å². The molecule has 0 aromatic carbocycles. The molecule has 0 rings (SSSR count). The third kappa shape index (κ3) is 23.7. The van der Waals surface area contributed by atoms with Crippen molar-refractivity contribution in [1.29, 1.82) is 0 Å². The van der Waals surface area contributed by atoms with Gasteiger partial charge in [0.15, 0.2) is 0 Å². The van der Waals surface area contributed by atoms with Gasteiger partial charge in [-0.05, 0) is 26.2 Å². The molecule has 0 saturated heterocycles. The number of rotatable bonds is 22. The van der Waals surface area contributed by atoms with E-state index in [1.807, 2.05) is 0 Å². The number of hydrogen-bond acceptors (Lipinski definition) is 0. The predicted octanol–water partition coefficient (Wildman–Crippen LogP) is 9.79. The predicted molar refractivity (Wildman–Crippen MR) is 121 cm³/mol. The summed E-state index contributed by atoms with van der Waals surface area (Å²) in [4.78, 5) is 0. The lowest BCUT2D eigenvalue weighted by Crippen LogP contribution is -1.84. The van der Waals surface area contributed by atoms with Crippen LogP contribution in [0.4, 0.5) is 0 Å². The molecule has 0 saturated carbocycles. The van der Waals surface area contributed by atoms with Crippen LogP contribution in [0.2, 0.25) is 0 Å². The van der Waals surface area contributed by atoms with E-state index >= 15 is 0 Å². The Morgan fingerprint density at radius 3 is 0.962 bits per heavy atom. The van der Waals surface area contributed by atoms with Crippen LogP contribution in [-0.4, -0.2) is 0 Å². The first-order chi connectivity index (χ1) is 12.9. The summed E-state index contributed by atoms with van der Waals surface area (Å²) >= 11 is 0. The van der Waals surface area contributed by atoms with Crippen molar-refractivity contribution in [3.63, 3.8) is 0 Å².